The molecule has 0 spiro atoms. The zero-order valence-corrected chi connectivity index (χ0v) is 11.0. The smallest absolute Gasteiger partial charge is 0.337 e. The normalized spacial score (nSPS) is 10.5. The molecule has 2 aromatic rings. The van der Waals surface area contributed by atoms with Crippen molar-refractivity contribution in [2.45, 2.75) is 27.2 Å². The monoisotopic (exact) mass is 265 g/mol. The van der Waals surface area contributed by atoms with Crippen molar-refractivity contribution in [2.24, 2.45) is 0 Å². The maximum atomic E-state index is 12.1. The van der Waals surface area contributed by atoms with Gasteiger partial charge in [-0.1, -0.05) is 12.1 Å². The van der Waals surface area contributed by atoms with E-state index >= 15 is 0 Å². The van der Waals surface area contributed by atoms with Gasteiger partial charge in [-0.2, -0.15) is 4.98 Å². The summed E-state index contributed by atoms with van der Waals surface area (Å²) >= 11 is 0. The van der Waals surface area contributed by atoms with Crippen molar-refractivity contribution in [2.75, 3.05) is 11.9 Å². The molecular weight excluding hydrogens is 250 g/mol. The Morgan fingerprint density at radius 1 is 1.47 bits per heavy atom. The molecule has 1 amide bonds. The second kappa shape index (κ2) is 5.51. The van der Waals surface area contributed by atoms with Crippen LogP contribution >= 0.6 is 0 Å². The van der Waals surface area contributed by atoms with E-state index in [-0.39, 0.29) is 17.9 Å². The highest BCUT2D eigenvalue weighted by Crippen LogP contribution is 2.16. The summed E-state index contributed by atoms with van der Waals surface area (Å²) in [4.78, 5) is 16.1. The van der Waals surface area contributed by atoms with Crippen LogP contribution in [-0.4, -0.2) is 32.9 Å². The molecule has 0 unspecified atom stereocenters. The molecule has 0 radical (unpaired) electrons. The summed E-state index contributed by atoms with van der Waals surface area (Å²) in [6.07, 6.45) is 0.612. The zero-order chi connectivity index (χ0) is 13.8. The number of aromatic amines is 1. The van der Waals surface area contributed by atoms with Crippen LogP contribution < -0.4 is 10.1 Å². The van der Waals surface area contributed by atoms with E-state index in [9.17, 15) is 4.79 Å². The molecule has 0 aliphatic heterocycles. The first-order valence-electron chi connectivity index (χ1n) is 5.97. The molecule has 102 valence electrons. The van der Waals surface area contributed by atoms with E-state index in [0.29, 0.717) is 30.0 Å². The van der Waals surface area contributed by atoms with Crippen LogP contribution in [0.5, 0.6) is 6.01 Å². The van der Waals surface area contributed by atoms with E-state index in [1.54, 1.807) is 6.92 Å². The molecule has 0 fully saturated rings. The fraction of sp³-hybridized carbons (Fsp3) is 0.455. The number of rotatable bonds is 5. The molecule has 19 heavy (non-hydrogen) atoms. The van der Waals surface area contributed by atoms with Gasteiger partial charge in [-0.3, -0.25) is 10.1 Å². The highest BCUT2D eigenvalue weighted by atomic mass is 16.5. The fourth-order valence-corrected chi connectivity index (χ4v) is 1.62. The largest absolute Gasteiger partial charge is 0.463 e. The van der Waals surface area contributed by atoms with E-state index in [0.717, 1.165) is 0 Å². The third-order valence-electron chi connectivity index (χ3n) is 2.47. The number of ether oxygens (including phenoxy) is 1. The number of carbonyl (C=O) groups excluding carboxylic acids is 1. The molecule has 0 aromatic carbocycles. The van der Waals surface area contributed by atoms with Crippen LogP contribution in [0.3, 0.4) is 0 Å². The molecule has 0 aliphatic rings. The molecule has 2 N–H and O–H groups in total. The van der Waals surface area contributed by atoms with Gasteiger partial charge in [-0.15, -0.1) is 5.10 Å². The molecule has 2 rings (SSSR count). The Kier molecular flexibility index (Phi) is 3.79. The first kappa shape index (κ1) is 13.1. The quantitative estimate of drug-likeness (QED) is 0.844. The van der Waals surface area contributed by atoms with Crippen molar-refractivity contribution in [1.29, 1.82) is 0 Å². The average molecular weight is 265 g/mol. The minimum absolute atomic E-state index is 0.190. The molecule has 0 aliphatic carbocycles. The number of carbonyl (C=O) groups is 1. The molecule has 8 heteroatoms. The molecule has 8 nitrogen and oxygen atoms in total. The zero-order valence-electron chi connectivity index (χ0n) is 11.0. The SMILES string of the molecule is CCOc1n[nH]c(NC(=O)c2c(CC)noc2C)n1. The molecular formula is C11H15N5O3. The number of aryl methyl sites for hydroxylation is 2. The van der Waals surface area contributed by atoms with Crippen molar-refractivity contribution in [3.05, 3.63) is 17.0 Å². The highest BCUT2D eigenvalue weighted by molar-refractivity contribution is 6.04. The van der Waals surface area contributed by atoms with Gasteiger partial charge in [0.1, 0.15) is 11.3 Å². The van der Waals surface area contributed by atoms with Crippen LogP contribution in [0.1, 0.15) is 35.7 Å². The molecule has 0 saturated heterocycles. The van der Waals surface area contributed by atoms with E-state index in [4.69, 9.17) is 9.26 Å². The third-order valence-corrected chi connectivity index (χ3v) is 2.47. The second-order valence-corrected chi connectivity index (χ2v) is 3.77. The van der Waals surface area contributed by atoms with Gasteiger partial charge < -0.3 is 9.26 Å². The number of hydrogen-bond acceptors (Lipinski definition) is 6. The molecule has 2 aromatic heterocycles. The third kappa shape index (κ3) is 2.72. The summed E-state index contributed by atoms with van der Waals surface area (Å²) in [6, 6.07) is 0.190. The molecule has 0 atom stereocenters. The van der Waals surface area contributed by atoms with Crippen molar-refractivity contribution < 1.29 is 14.1 Å². The Bertz CT molecular complexity index is 575. The van der Waals surface area contributed by atoms with Gasteiger partial charge in [0, 0.05) is 0 Å². The lowest BCUT2D eigenvalue weighted by atomic mass is 10.1. The number of hydrogen-bond donors (Lipinski definition) is 2. The van der Waals surface area contributed by atoms with Gasteiger partial charge in [0.05, 0.1) is 12.3 Å². The van der Waals surface area contributed by atoms with Gasteiger partial charge in [-0.25, -0.2) is 5.10 Å². The van der Waals surface area contributed by atoms with Crippen molar-refractivity contribution >= 4 is 11.9 Å². The Morgan fingerprint density at radius 2 is 2.26 bits per heavy atom. The summed E-state index contributed by atoms with van der Waals surface area (Å²) in [6.45, 7) is 5.86. The number of aromatic nitrogens is 4. The topological polar surface area (TPSA) is 106 Å². The number of anilines is 1. The Morgan fingerprint density at radius 3 is 2.95 bits per heavy atom. The Balaban J connectivity index is 2.13. The predicted molar refractivity (Wildman–Crippen MR) is 66.1 cm³/mol. The number of H-pyrrole nitrogens is 1. The van der Waals surface area contributed by atoms with Gasteiger partial charge in [0.2, 0.25) is 5.95 Å². The Labute approximate surface area is 109 Å². The van der Waals surface area contributed by atoms with E-state index in [1.165, 1.54) is 0 Å². The average Bonchev–Trinajstić information content (AvgIpc) is 2.96. The summed E-state index contributed by atoms with van der Waals surface area (Å²) in [5.74, 6) is 0.352. The minimum Gasteiger partial charge on any atom is -0.463 e. The van der Waals surface area contributed by atoms with Crippen LogP contribution in [-0.2, 0) is 6.42 Å². The standard InChI is InChI=1S/C11H15N5O3/c1-4-7-8(6(3)19-16-7)9(17)12-10-13-11(15-14-10)18-5-2/h4-5H2,1-3H3,(H2,12,13,14,15,17). The van der Waals surface area contributed by atoms with Crippen LogP contribution in [0.15, 0.2) is 4.52 Å². The highest BCUT2D eigenvalue weighted by Gasteiger charge is 2.20. The van der Waals surface area contributed by atoms with E-state index in [1.807, 2.05) is 13.8 Å². The molecule has 0 bridgehead atoms. The van der Waals surface area contributed by atoms with Gasteiger partial charge >= 0.3 is 6.01 Å². The number of nitrogens with one attached hydrogen (secondary N) is 2. The number of nitrogens with zero attached hydrogens (tertiary/aromatic N) is 3. The fourth-order valence-electron chi connectivity index (χ4n) is 1.62. The van der Waals surface area contributed by atoms with Crippen molar-refractivity contribution in [3.63, 3.8) is 0 Å². The van der Waals surface area contributed by atoms with Crippen molar-refractivity contribution in [3.8, 4) is 6.01 Å². The summed E-state index contributed by atoms with van der Waals surface area (Å²) in [7, 11) is 0. The minimum atomic E-state index is -0.338. The molecule has 0 saturated carbocycles. The van der Waals surface area contributed by atoms with E-state index < -0.39 is 0 Å². The summed E-state index contributed by atoms with van der Waals surface area (Å²) in [5, 5.41) is 12.8. The van der Waals surface area contributed by atoms with Gasteiger partial charge in [-0.05, 0) is 20.3 Å². The predicted octanol–water partition coefficient (Wildman–Crippen LogP) is 1.31. The lowest BCUT2D eigenvalue weighted by molar-refractivity contribution is 0.102. The van der Waals surface area contributed by atoms with Crippen LogP contribution in [0.4, 0.5) is 5.95 Å². The van der Waals surface area contributed by atoms with E-state index in [2.05, 4.69) is 25.7 Å². The second-order valence-electron chi connectivity index (χ2n) is 3.77. The van der Waals surface area contributed by atoms with Crippen LogP contribution in [0.25, 0.3) is 0 Å². The first-order chi connectivity index (χ1) is 9.15. The lowest BCUT2D eigenvalue weighted by Gasteiger charge is -2.00. The maximum Gasteiger partial charge on any atom is 0.337 e. The summed E-state index contributed by atoms with van der Waals surface area (Å²) in [5.41, 5.74) is 1.04. The first-order valence-corrected chi connectivity index (χ1v) is 5.97. The molecule has 2 heterocycles. The Hall–Kier alpha value is -2.38. The van der Waals surface area contributed by atoms with Gasteiger partial charge in [0.25, 0.3) is 5.91 Å². The summed E-state index contributed by atoms with van der Waals surface area (Å²) < 4.78 is 10.1. The van der Waals surface area contributed by atoms with Crippen LogP contribution in [0, 0.1) is 6.92 Å². The van der Waals surface area contributed by atoms with Crippen molar-refractivity contribution in [1.82, 2.24) is 20.3 Å². The maximum absolute atomic E-state index is 12.1. The van der Waals surface area contributed by atoms with Gasteiger partial charge in [0.15, 0.2) is 0 Å². The number of amides is 1. The van der Waals surface area contributed by atoms with Crippen LogP contribution in [0.2, 0.25) is 0 Å². The lowest BCUT2D eigenvalue weighted by Crippen LogP contribution is -2.15.